The van der Waals surface area contributed by atoms with Crippen molar-refractivity contribution in [3.05, 3.63) is 35.9 Å². The number of rotatable bonds is 7. The molecule has 0 bridgehead atoms. The predicted molar refractivity (Wildman–Crippen MR) is 96.1 cm³/mol. The van der Waals surface area contributed by atoms with Crippen molar-refractivity contribution in [2.24, 2.45) is 4.99 Å². The molecule has 1 aliphatic rings. The van der Waals surface area contributed by atoms with Crippen molar-refractivity contribution in [1.82, 2.24) is 15.5 Å². The Morgan fingerprint density at radius 2 is 2.08 bits per heavy atom. The van der Waals surface area contributed by atoms with Crippen molar-refractivity contribution < 1.29 is 9.53 Å². The number of hydrogen-bond donors (Lipinski definition) is 2. The molecule has 1 unspecified atom stereocenters. The van der Waals surface area contributed by atoms with Crippen LogP contribution in [0.25, 0.3) is 0 Å². The van der Waals surface area contributed by atoms with Crippen LogP contribution in [0, 0.1) is 0 Å². The van der Waals surface area contributed by atoms with E-state index in [-0.39, 0.29) is 18.6 Å². The van der Waals surface area contributed by atoms with Gasteiger partial charge in [-0.05, 0) is 24.8 Å². The fourth-order valence-electron chi connectivity index (χ4n) is 2.45. The van der Waals surface area contributed by atoms with Gasteiger partial charge in [0.15, 0.2) is 5.96 Å². The molecule has 6 heteroatoms. The quantitative estimate of drug-likeness (QED) is 0.578. The van der Waals surface area contributed by atoms with E-state index in [9.17, 15) is 4.79 Å². The lowest BCUT2D eigenvalue weighted by atomic mass is 10.1. The number of carbonyl (C=O) groups excluding carboxylic acids is 1. The van der Waals surface area contributed by atoms with Crippen molar-refractivity contribution >= 4 is 11.9 Å². The van der Waals surface area contributed by atoms with Crippen molar-refractivity contribution in [3.63, 3.8) is 0 Å². The van der Waals surface area contributed by atoms with Crippen LogP contribution in [-0.4, -0.2) is 63.2 Å². The van der Waals surface area contributed by atoms with E-state index in [1.54, 1.807) is 19.0 Å². The first-order chi connectivity index (χ1) is 11.6. The third kappa shape index (κ3) is 6.58. The Bertz CT molecular complexity index is 525. The summed E-state index contributed by atoms with van der Waals surface area (Å²) in [4.78, 5) is 17.7. The number of carbonyl (C=O) groups is 1. The second-order valence-electron chi connectivity index (χ2n) is 6.13. The predicted octanol–water partition coefficient (Wildman–Crippen LogP) is 1.03. The normalized spacial score (nSPS) is 17.6. The third-order valence-corrected chi connectivity index (χ3v) is 3.94. The monoisotopic (exact) mass is 332 g/mol. The van der Waals surface area contributed by atoms with Gasteiger partial charge in [0, 0.05) is 33.8 Å². The van der Waals surface area contributed by atoms with Crippen molar-refractivity contribution in [2.75, 3.05) is 40.3 Å². The molecule has 1 aromatic rings. The van der Waals surface area contributed by atoms with E-state index >= 15 is 0 Å². The molecule has 0 aliphatic carbocycles. The van der Waals surface area contributed by atoms with Crippen LogP contribution in [-0.2, 0) is 16.0 Å². The second-order valence-corrected chi connectivity index (χ2v) is 6.13. The zero-order valence-corrected chi connectivity index (χ0v) is 14.6. The summed E-state index contributed by atoms with van der Waals surface area (Å²) in [5, 5.41) is 6.58. The summed E-state index contributed by atoms with van der Waals surface area (Å²) in [7, 11) is 3.47. The Hall–Kier alpha value is -2.08. The van der Waals surface area contributed by atoms with Gasteiger partial charge < -0.3 is 20.3 Å². The maximum atomic E-state index is 11.7. The highest BCUT2D eigenvalue weighted by molar-refractivity contribution is 5.84. The maximum Gasteiger partial charge on any atom is 0.243 e. The number of nitrogens with one attached hydrogen (secondary N) is 2. The molecule has 1 atom stereocenters. The van der Waals surface area contributed by atoms with Gasteiger partial charge in [0.25, 0.3) is 0 Å². The van der Waals surface area contributed by atoms with Gasteiger partial charge in [-0.15, -0.1) is 0 Å². The van der Waals surface area contributed by atoms with Gasteiger partial charge in [-0.25, -0.2) is 4.99 Å². The summed E-state index contributed by atoms with van der Waals surface area (Å²) >= 11 is 0. The molecule has 2 N–H and O–H groups in total. The first-order valence-corrected chi connectivity index (χ1v) is 8.53. The molecular weight excluding hydrogens is 304 g/mol. The molecule has 1 aliphatic heterocycles. The first-order valence-electron chi connectivity index (χ1n) is 8.53. The number of ether oxygens (including phenoxy) is 1. The van der Waals surface area contributed by atoms with E-state index in [2.05, 4.69) is 27.8 Å². The third-order valence-electron chi connectivity index (χ3n) is 3.94. The van der Waals surface area contributed by atoms with Gasteiger partial charge >= 0.3 is 0 Å². The molecule has 2 rings (SSSR count). The summed E-state index contributed by atoms with van der Waals surface area (Å²) in [5.74, 6) is 0.646. The molecule has 1 aromatic carbocycles. The average molecular weight is 332 g/mol. The highest BCUT2D eigenvalue weighted by Gasteiger charge is 2.15. The number of guanidine groups is 1. The number of hydrogen-bond acceptors (Lipinski definition) is 3. The van der Waals surface area contributed by atoms with E-state index in [0.29, 0.717) is 12.5 Å². The zero-order valence-electron chi connectivity index (χ0n) is 14.6. The van der Waals surface area contributed by atoms with Crippen LogP contribution < -0.4 is 10.6 Å². The van der Waals surface area contributed by atoms with Crippen LogP contribution in [0.15, 0.2) is 35.3 Å². The molecule has 132 valence electrons. The standard InChI is InChI=1S/C18H28N4O2/c1-22(2)17(23)14-21-18(20-13-16-9-6-12-24-16)19-11-10-15-7-4-3-5-8-15/h3-5,7-8,16H,6,9-14H2,1-2H3,(H2,19,20,21). The van der Waals surface area contributed by atoms with Crippen molar-refractivity contribution in [3.8, 4) is 0 Å². The Kier molecular flexibility index (Phi) is 7.55. The fourth-order valence-corrected chi connectivity index (χ4v) is 2.45. The van der Waals surface area contributed by atoms with E-state index in [4.69, 9.17) is 4.74 Å². The second kappa shape index (κ2) is 9.93. The molecule has 6 nitrogen and oxygen atoms in total. The van der Waals surface area contributed by atoms with Gasteiger partial charge in [-0.3, -0.25) is 4.79 Å². The van der Waals surface area contributed by atoms with Gasteiger partial charge in [0.05, 0.1) is 6.10 Å². The summed E-state index contributed by atoms with van der Waals surface area (Å²) in [6.07, 6.45) is 3.32. The summed E-state index contributed by atoms with van der Waals surface area (Å²) in [6, 6.07) is 10.3. The Balaban J connectivity index is 1.83. The SMILES string of the molecule is CN(C)C(=O)CN=C(NCCc1ccccc1)NCC1CCCO1. The van der Waals surface area contributed by atoms with E-state index < -0.39 is 0 Å². The van der Waals surface area contributed by atoms with Gasteiger partial charge in [0.1, 0.15) is 6.54 Å². The zero-order chi connectivity index (χ0) is 17.2. The van der Waals surface area contributed by atoms with Gasteiger partial charge in [-0.2, -0.15) is 0 Å². The highest BCUT2D eigenvalue weighted by Crippen LogP contribution is 2.10. The minimum Gasteiger partial charge on any atom is -0.376 e. The molecule has 0 spiro atoms. The van der Waals surface area contributed by atoms with E-state index in [0.717, 1.165) is 32.4 Å². The number of nitrogens with zero attached hydrogens (tertiary/aromatic N) is 2. The minimum atomic E-state index is -0.0173. The summed E-state index contributed by atoms with van der Waals surface area (Å²) in [6.45, 7) is 2.45. The lowest BCUT2D eigenvalue weighted by Gasteiger charge is -2.16. The summed E-state index contributed by atoms with van der Waals surface area (Å²) in [5.41, 5.74) is 1.27. The molecule has 0 saturated carbocycles. The highest BCUT2D eigenvalue weighted by atomic mass is 16.5. The average Bonchev–Trinajstić information content (AvgIpc) is 3.10. The molecule has 1 saturated heterocycles. The van der Waals surface area contributed by atoms with Crippen LogP contribution in [0.1, 0.15) is 18.4 Å². The minimum absolute atomic E-state index is 0.0173. The van der Waals surface area contributed by atoms with Crippen LogP contribution in [0.5, 0.6) is 0 Å². The lowest BCUT2D eigenvalue weighted by molar-refractivity contribution is -0.127. The molecule has 24 heavy (non-hydrogen) atoms. The van der Waals surface area contributed by atoms with Crippen LogP contribution in [0.3, 0.4) is 0 Å². The molecule has 1 heterocycles. The molecule has 1 fully saturated rings. The first kappa shape index (κ1) is 18.3. The maximum absolute atomic E-state index is 11.7. The van der Waals surface area contributed by atoms with Crippen LogP contribution in [0.2, 0.25) is 0 Å². The molecular formula is C18H28N4O2. The Morgan fingerprint density at radius 1 is 1.29 bits per heavy atom. The number of aliphatic imine (C=N–C) groups is 1. The topological polar surface area (TPSA) is 66.0 Å². The molecule has 0 radical (unpaired) electrons. The summed E-state index contributed by atoms with van der Waals surface area (Å²) < 4.78 is 5.62. The smallest absolute Gasteiger partial charge is 0.243 e. The number of likely N-dealkylation sites (N-methyl/N-ethyl adjacent to an activating group) is 1. The van der Waals surface area contributed by atoms with Crippen molar-refractivity contribution in [2.45, 2.75) is 25.4 Å². The number of amides is 1. The largest absolute Gasteiger partial charge is 0.376 e. The van der Waals surface area contributed by atoms with Gasteiger partial charge in [0.2, 0.25) is 5.91 Å². The Morgan fingerprint density at radius 3 is 2.75 bits per heavy atom. The van der Waals surface area contributed by atoms with E-state index in [1.165, 1.54) is 5.56 Å². The molecule has 0 aromatic heterocycles. The van der Waals surface area contributed by atoms with Crippen molar-refractivity contribution in [1.29, 1.82) is 0 Å². The molecule has 1 amide bonds. The lowest BCUT2D eigenvalue weighted by Crippen LogP contribution is -2.42. The van der Waals surface area contributed by atoms with Gasteiger partial charge in [-0.1, -0.05) is 30.3 Å². The van der Waals surface area contributed by atoms with E-state index in [1.807, 2.05) is 18.2 Å². The van der Waals surface area contributed by atoms with Crippen LogP contribution in [0.4, 0.5) is 0 Å². The fraction of sp³-hybridized carbons (Fsp3) is 0.556. The number of benzene rings is 1. The Labute approximate surface area is 144 Å². The van der Waals surface area contributed by atoms with Crippen LogP contribution >= 0.6 is 0 Å².